The van der Waals surface area contributed by atoms with Gasteiger partial charge in [-0.1, -0.05) is 6.07 Å². The predicted molar refractivity (Wildman–Crippen MR) is 112 cm³/mol. The average Bonchev–Trinajstić information content (AvgIpc) is 3.33. The lowest BCUT2D eigenvalue weighted by Gasteiger charge is -2.28. The number of benzene rings is 1. The number of nitrogens with zero attached hydrogens (tertiary/aromatic N) is 3. The first-order valence-corrected chi connectivity index (χ1v) is 10.3. The molecule has 0 N–H and O–H groups in total. The number of imidazole rings is 1. The molecule has 0 unspecified atom stereocenters. The van der Waals surface area contributed by atoms with E-state index in [1.165, 1.54) is 6.07 Å². The van der Waals surface area contributed by atoms with E-state index in [0.29, 0.717) is 18.8 Å². The zero-order valence-corrected chi connectivity index (χ0v) is 17.2. The first-order valence-electron chi connectivity index (χ1n) is 9.46. The van der Waals surface area contributed by atoms with E-state index in [1.54, 1.807) is 24.4 Å². The lowest BCUT2D eigenvalue weighted by atomic mass is 10.0. The number of carbonyl (C=O) groups excluding carboxylic acids is 1. The number of likely N-dealkylation sites (tertiary alicyclic amines) is 1. The lowest BCUT2D eigenvalue weighted by molar-refractivity contribution is -0.129. The third-order valence-electron chi connectivity index (χ3n) is 4.95. The molecule has 5 nitrogen and oxygen atoms in total. The Balaban J connectivity index is 1.57. The molecule has 29 heavy (non-hydrogen) atoms. The first kappa shape index (κ1) is 19.4. The molecule has 1 amide bonds. The van der Waals surface area contributed by atoms with Crippen molar-refractivity contribution in [3.05, 3.63) is 69.7 Å². The van der Waals surface area contributed by atoms with Crippen molar-refractivity contribution in [1.29, 1.82) is 0 Å². The molecule has 0 spiro atoms. The second-order valence-electron chi connectivity index (χ2n) is 7.06. The molecule has 1 aliphatic rings. The molecule has 1 saturated heterocycles. The van der Waals surface area contributed by atoms with E-state index in [4.69, 9.17) is 4.74 Å². The van der Waals surface area contributed by atoms with Gasteiger partial charge in [0, 0.05) is 23.2 Å². The molecule has 150 valence electrons. The van der Waals surface area contributed by atoms with Crippen LogP contribution in [0, 0.1) is 12.1 Å². The Bertz CT molecular complexity index is 1070. The minimum absolute atomic E-state index is 0.0123. The fourth-order valence-electron chi connectivity index (χ4n) is 3.53. The van der Waals surface area contributed by atoms with Gasteiger partial charge in [-0.2, -0.15) is 4.39 Å². The molecule has 4 rings (SSSR count). The molecule has 2 aromatic heterocycles. The Morgan fingerprint density at radius 1 is 1.31 bits per heavy atom. The number of ether oxygens (including phenoxy) is 1. The molecule has 1 aliphatic heterocycles. The number of hydrogen-bond donors (Lipinski definition) is 0. The van der Waals surface area contributed by atoms with Gasteiger partial charge in [0.2, 0.25) is 5.91 Å². The number of hydrogen-bond acceptors (Lipinski definition) is 4. The number of methoxy groups -OCH3 is 1. The maximum atomic E-state index is 13.3. The number of rotatable bonds is 5. The molecule has 1 fully saturated rings. The van der Waals surface area contributed by atoms with E-state index in [2.05, 4.69) is 4.98 Å². The average molecular weight is 412 g/mol. The third-order valence-corrected chi connectivity index (χ3v) is 5.80. The minimum atomic E-state index is -0.222. The van der Waals surface area contributed by atoms with Gasteiger partial charge in [0.1, 0.15) is 5.75 Å². The summed E-state index contributed by atoms with van der Waals surface area (Å²) in [6.07, 6.45) is 7.25. The summed E-state index contributed by atoms with van der Waals surface area (Å²) in [5, 5.41) is -0.222. The van der Waals surface area contributed by atoms with Crippen molar-refractivity contribution < 1.29 is 13.9 Å². The van der Waals surface area contributed by atoms with E-state index in [0.717, 1.165) is 51.6 Å². The number of thiophene rings is 1. The van der Waals surface area contributed by atoms with Crippen LogP contribution in [0.5, 0.6) is 5.75 Å². The quantitative estimate of drug-likeness (QED) is 0.577. The van der Waals surface area contributed by atoms with Crippen LogP contribution in [-0.4, -0.2) is 34.0 Å². The normalized spacial score (nSPS) is 15.9. The number of aryl methyl sites for hydroxylation is 1. The fourth-order valence-corrected chi connectivity index (χ4v) is 4.28. The van der Waals surface area contributed by atoms with Gasteiger partial charge in [0.05, 0.1) is 31.4 Å². The number of piperidine rings is 1. The van der Waals surface area contributed by atoms with Crippen molar-refractivity contribution in [1.82, 2.24) is 14.5 Å². The molecule has 3 aromatic rings. The Morgan fingerprint density at radius 2 is 2.17 bits per heavy atom. The van der Waals surface area contributed by atoms with Crippen LogP contribution in [0.15, 0.2) is 48.4 Å². The number of carbonyl (C=O) groups is 1. The van der Waals surface area contributed by atoms with Gasteiger partial charge in [-0.25, -0.2) is 4.98 Å². The topological polar surface area (TPSA) is 47.4 Å². The van der Waals surface area contributed by atoms with E-state index in [9.17, 15) is 9.18 Å². The van der Waals surface area contributed by atoms with Crippen LogP contribution in [0.1, 0.15) is 29.0 Å². The fraction of sp³-hybridized carbons (Fsp3) is 0.273. The zero-order chi connectivity index (χ0) is 20.4. The smallest absolute Gasteiger partial charge is 0.250 e. The van der Waals surface area contributed by atoms with E-state index < -0.39 is 0 Å². The molecule has 3 heterocycles. The molecule has 0 radical (unpaired) electrons. The highest BCUT2D eigenvalue weighted by atomic mass is 32.1. The van der Waals surface area contributed by atoms with Crippen molar-refractivity contribution in [2.24, 2.45) is 0 Å². The first-order chi connectivity index (χ1) is 14.0. The summed E-state index contributed by atoms with van der Waals surface area (Å²) < 4.78 is 20.7. The number of halogens is 1. The van der Waals surface area contributed by atoms with Gasteiger partial charge in [0.25, 0.3) is 0 Å². The molecule has 1 aromatic carbocycles. The second kappa shape index (κ2) is 8.21. The summed E-state index contributed by atoms with van der Waals surface area (Å²) in [4.78, 5) is 19.8. The van der Waals surface area contributed by atoms with Crippen molar-refractivity contribution in [2.75, 3.05) is 13.7 Å². The van der Waals surface area contributed by atoms with Crippen molar-refractivity contribution in [3.63, 3.8) is 0 Å². The highest BCUT2D eigenvalue weighted by molar-refractivity contribution is 7.10. The van der Waals surface area contributed by atoms with Gasteiger partial charge in [0.15, 0.2) is 5.13 Å². The van der Waals surface area contributed by atoms with Crippen LogP contribution in [0.25, 0.3) is 11.8 Å². The Kier molecular flexibility index (Phi) is 5.49. The molecular formula is C22H22FN3O2S. The van der Waals surface area contributed by atoms with Crippen LogP contribution in [-0.2, 0) is 11.3 Å². The van der Waals surface area contributed by atoms with Crippen LogP contribution in [0.2, 0.25) is 0 Å². The Morgan fingerprint density at radius 3 is 2.86 bits per heavy atom. The number of aromatic nitrogens is 2. The van der Waals surface area contributed by atoms with Gasteiger partial charge >= 0.3 is 0 Å². The number of amides is 1. The summed E-state index contributed by atoms with van der Waals surface area (Å²) >= 11 is 1.09. The zero-order valence-electron chi connectivity index (χ0n) is 16.4. The molecule has 7 heteroatoms. The summed E-state index contributed by atoms with van der Waals surface area (Å²) in [5.74, 6) is 0.726. The van der Waals surface area contributed by atoms with E-state index in [1.807, 2.05) is 42.0 Å². The van der Waals surface area contributed by atoms with Gasteiger partial charge in [-0.3, -0.25) is 4.79 Å². The van der Waals surface area contributed by atoms with Crippen molar-refractivity contribution in [3.8, 4) is 11.4 Å². The maximum Gasteiger partial charge on any atom is 0.250 e. The lowest BCUT2D eigenvalue weighted by Crippen LogP contribution is -2.36. The third kappa shape index (κ3) is 4.24. The highest BCUT2D eigenvalue weighted by Crippen LogP contribution is 2.28. The SMILES string of the molecule is COc1cc(/C=C2\CCCN(Cc3ccc(F)s3)C2=O)ccc1-n1cnc(C)c1. The summed E-state index contributed by atoms with van der Waals surface area (Å²) in [6, 6.07) is 9.05. The van der Waals surface area contributed by atoms with Gasteiger partial charge < -0.3 is 14.2 Å². The van der Waals surface area contributed by atoms with Crippen LogP contribution >= 0.6 is 11.3 Å². The van der Waals surface area contributed by atoms with E-state index in [-0.39, 0.29) is 11.0 Å². The van der Waals surface area contributed by atoms with Crippen LogP contribution in [0.4, 0.5) is 4.39 Å². The summed E-state index contributed by atoms with van der Waals surface area (Å²) in [5.41, 5.74) is 3.50. The standard InChI is InChI=1S/C22H22FN3O2S/c1-15-12-26(14-24-15)19-7-5-16(11-20(19)28-2)10-17-4-3-9-25(22(17)27)13-18-6-8-21(23)29-18/h5-8,10-12,14H,3-4,9,13H2,1-2H3/b17-10+. The van der Waals surface area contributed by atoms with Crippen molar-refractivity contribution >= 4 is 23.3 Å². The summed E-state index contributed by atoms with van der Waals surface area (Å²) in [7, 11) is 1.63. The monoisotopic (exact) mass is 411 g/mol. The summed E-state index contributed by atoms with van der Waals surface area (Å²) in [6.45, 7) is 3.08. The molecule has 0 aliphatic carbocycles. The Hall–Kier alpha value is -2.93. The van der Waals surface area contributed by atoms with Crippen LogP contribution < -0.4 is 4.74 Å². The van der Waals surface area contributed by atoms with Gasteiger partial charge in [-0.15, -0.1) is 11.3 Å². The van der Waals surface area contributed by atoms with Gasteiger partial charge in [-0.05, 0) is 55.7 Å². The van der Waals surface area contributed by atoms with Crippen LogP contribution in [0.3, 0.4) is 0 Å². The highest BCUT2D eigenvalue weighted by Gasteiger charge is 2.23. The molecule has 0 atom stereocenters. The maximum absolute atomic E-state index is 13.3. The minimum Gasteiger partial charge on any atom is -0.495 e. The second-order valence-corrected chi connectivity index (χ2v) is 8.18. The van der Waals surface area contributed by atoms with E-state index >= 15 is 0 Å². The Labute approximate surface area is 173 Å². The predicted octanol–water partition coefficient (Wildman–Crippen LogP) is 4.60. The molecule has 0 bridgehead atoms. The molecule has 0 saturated carbocycles. The largest absolute Gasteiger partial charge is 0.495 e. The molecular weight excluding hydrogens is 389 g/mol. The van der Waals surface area contributed by atoms with Crippen molar-refractivity contribution in [2.45, 2.75) is 26.3 Å².